The minimum Gasteiger partial charge on any atom is -0.354 e. The maximum atomic E-state index is 12.9. The van der Waals surface area contributed by atoms with Crippen molar-refractivity contribution in [2.45, 2.75) is 45.2 Å². The lowest BCUT2D eigenvalue weighted by Crippen LogP contribution is -2.52. The van der Waals surface area contributed by atoms with Crippen LogP contribution >= 0.6 is 0 Å². The number of hydrogen-bond acceptors (Lipinski definition) is 4. The molecule has 0 bridgehead atoms. The maximum absolute atomic E-state index is 12.9. The Morgan fingerprint density at radius 1 is 1.17 bits per heavy atom. The van der Waals surface area contributed by atoms with Crippen LogP contribution in [0.15, 0.2) is 18.3 Å². The van der Waals surface area contributed by atoms with Crippen molar-refractivity contribution in [3.63, 3.8) is 0 Å². The highest BCUT2D eigenvalue weighted by molar-refractivity contribution is 5.95. The molecule has 23 heavy (non-hydrogen) atoms. The third-order valence-electron chi connectivity index (χ3n) is 5.18. The van der Waals surface area contributed by atoms with E-state index in [4.69, 9.17) is 0 Å². The number of aromatic nitrogens is 1. The van der Waals surface area contributed by atoms with Crippen LogP contribution in [0.1, 0.15) is 43.5 Å². The van der Waals surface area contributed by atoms with Gasteiger partial charge < -0.3 is 14.7 Å². The number of piperazine rings is 1. The SMILES string of the molecule is C[C@@H]1CN(C)CCN1C(=O)c1ccnc(N2CCCC[C@@H]2C)c1. The third-order valence-corrected chi connectivity index (χ3v) is 5.18. The van der Waals surface area contributed by atoms with Crippen LogP contribution in [0.5, 0.6) is 0 Å². The van der Waals surface area contributed by atoms with Crippen molar-refractivity contribution < 1.29 is 4.79 Å². The van der Waals surface area contributed by atoms with Crippen LogP contribution in [-0.2, 0) is 0 Å². The molecule has 3 heterocycles. The lowest BCUT2D eigenvalue weighted by molar-refractivity contribution is 0.0533. The Kier molecular flexibility index (Phi) is 4.85. The number of likely N-dealkylation sites (N-methyl/N-ethyl adjacent to an activating group) is 1. The summed E-state index contributed by atoms with van der Waals surface area (Å²) in [6.07, 6.45) is 5.48. The number of hydrogen-bond donors (Lipinski definition) is 0. The molecule has 2 fully saturated rings. The second-order valence-electron chi connectivity index (χ2n) is 7.05. The first kappa shape index (κ1) is 16.2. The Morgan fingerprint density at radius 3 is 2.74 bits per heavy atom. The van der Waals surface area contributed by atoms with Gasteiger partial charge in [-0.2, -0.15) is 0 Å². The first-order chi connectivity index (χ1) is 11.1. The van der Waals surface area contributed by atoms with E-state index in [2.05, 4.69) is 35.7 Å². The number of pyridine rings is 1. The van der Waals surface area contributed by atoms with Crippen LogP contribution in [-0.4, -0.2) is 66.0 Å². The van der Waals surface area contributed by atoms with Crippen molar-refractivity contribution >= 4 is 11.7 Å². The molecule has 2 aliphatic rings. The van der Waals surface area contributed by atoms with Gasteiger partial charge in [-0.25, -0.2) is 4.98 Å². The van der Waals surface area contributed by atoms with E-state index >= 15 is 0 Å². The monoisotopic (exact) mass is 316 g/mol. The number of piperidine rings is 1. The summed E-state index contributed by atoms with van der Waals surface area (Å²) in [6.45, 7) is 8.09. The Morgan fingerprint density at radius 2 is 2.00 bits per heavy atom. The van der Waals surface area contributed by atoms with Gasteiger partial charge in [0.2, 0.25) is 0 Å². The van der Waals surface area contributed by atoms with Gasteiger partial charge in [-0.3, -0.25) is 4.79 Å². The quantitative estimate of drug-likeness (QED) is 0.839. The standard InChI is InChI=1S/C18H28N4O/c1-14-6-4-5-9-21(14)17-12-16(7-8-19-17)18(23)22-11-10-20(3)13-15(22)2/h7-8,12,14-15H,4-6,9-11,13H2,1-3H3/t14-,15+/m0/s1. The summed E-state index contributed by atoms with van der Waals surface area (Å²) in [5, 5.41) is 0. The van der Waals surface area contributed by atoms with Crippen molar-refractivity contribution in [1.82, 2.24) is 14.8 Å². The fraction of sp³-hybridized carbons (Fsp3) is 0.667. The second kappa shape index (κ2) is 6.87. The average Bonchev–Trinajstić information content (AvgIpc) is 2.55. The predicted octanol–water partition coefficient (Wildman–Crippen LogP) is 2.24. The molecule has 5 nitrogen and oxygen atoms in total. The smallest absolute Gasteiger partial charge is 0.254 e. The molecule has 126 valence electrons. The molecule has 1 amide bonds. The first-order valence-corrected chi connectivity index (χ1v) is 8.78. The minimum absolute atomic E-state index is 0.138. The van der Waals surface area contributed by atoms with E-state index in [1.54, 1.807) is 6.20 Å². The molecule has 5 heteroatoms. The molecule has 0 N–H and O–H groups in total. The molecular weight excluding hydrogens is 288 g/mol. The second-order valence-corrected chi connectivity index (χ2v) is 7.05. The highest BCUT2D eigenvalue weighted by Gasteiger charge is 2.27. The summed E-state index contributed by atoms with van der Waals surface area (Å²) in [6, 6.07) is 4.59. The number of carbonyl (C=O) groups is 1. The Balaban J connectivity index is 1.77. The predicted molar refractivity (Wildman–Crippen MR) is 92.9 cm³/mol. The van der Waals surface area contributed by atoms with Gasteiger partial charge in [-0.15, -0.1) is 0 Å². The molecule has 0 spiro atoms. The van der Waals surface area contributed by atoms with E-state index in [1.165, 1.54) is 19.3 Å². The minimum atomic E-state index is 0.138. The molecule has 0 unspecified atom stereocenters. The fourth-order valence-electron chi connectivity index (χ4n) is 3.75. The molecular formula is C18H28N4O. The van der Waals surface area contributed by atoms with Gasteiger partial charge in [0.15, 0.2) is 0 Å². The summed E-state index contributed by atoms with van der Waals surface area (Å²) >= 11 is 0. The maximum Gasteiger partial charge on any atom is 0.254 e. The van der Waals surface area contributed by atoms with Gasteiger partial charge in [0, 0.05) is 50.0 Å². The normalized spacial score (nSPS) is 26.4. The largest absolute Gasteiger partial charge is 0.354 e. The van der Waals surface area contributed by atoms with Crippen LogP contribution in [0, 0.1) is 0 Å². The molecule has 2 saturated heterocycles. The fourth-order valence-corrected chi connectivity index (χ4v) is 3.75. The molecule has 0 aromatic carbocycles. The highest BCUT2D eigenvalue weighted by Crippen LogP contribution is 2.24. The van der Waals surface area contributed by atoms with Gasteiger partial charge >= 0.3 is 0 Å². The molecule has 2 atom stereocenters. The third kappa shape index (κ3) is 3.50. The van der Waals surface area contributed by atoms with Crippen molar-refractivity contribution in [2.24, 2.45) is 0 Å². The molecule has 1 aromatic heterocycles. The van der Waals surface area contributed by atoms with Crippen LogP contribution in [0.25, 0.3) is 0 Å². The molecule has 0 radical (unpaired) electrons. The van der Waals surface area contributed by atoms with E-state index < -0.39 is 0 Å². The summed E-state index contributed by atoms with van der Waals surface area (Å²) in [5.74, 6) is 1.09. The van der Waals surface area contributed by atoms with E-state index in [9.17, 15) is 4.79 Å². The Hall–Kier alpha value is -1.62. The summed E-state index contributed by atoms with van der Waals surface area (Å²) in [5.41, 5.74) is 0.768. The van der Waals surface area contributed by atoms with Crippen LogP contribution in [0.4, 0.5) is 5.82 Å². The van der Waals surface area contributed by atoms with E-state index in [-0.39, 0.29) is 11.9 Å². The topological polar surface area (TPSA) is 39.7 Å². The van der Waals surface area contributed by atoms with Crippen molar-refractivity contribution in [1.29, 1.82) is 0 Å². The zero-order valence-electron chi connectivity index (χ0n) is 14.5. The summed E-state index contributed by atoms with van der Waals surface area (Å²) in [4.78, 5) is 24.0. The van der Waals surface area contributed by atoms with E-state index in [0.717, 1.165) is 37.6 Å². The lowest BCUT2D eigenvalue weighted by Gasteiger charge is -2.38. The van der Waals surface area contributed by atoms with Crippen molar-refractivity contribution in [3.05, 3.63) is 23.9 Å². The summed E-state index contributed by atoms with van der Waals surface area (Å²) in [7, 11) is 2.11. The van der Waals surface area contributed by atoms with E-state index in [1.807, 2.05) is 17.0 Å². The van der Waals surface area contributed by atoms with Gasteiger partial charge in [0.05, 0.1) is 0 Å². The number of rotatable bonds is 2. The van der Waals surface area contributed by atoms with Crippen LogP contribution in [0.2, 0.25) is 0 Å². The first-order valence-electron chi connectivity index (χ1n) is 8.78. The van der Waals surface area contributed by atoms with Crippen LogP contribution < -0.4 is 4.90 Å². The van der Waals surface area contributed by atoms with Crippen molar-refractivity contribution in [3.8, 4) is 0 Å². The Bertz CT molecular complexity index is 562. The van der Waals surface area contributed by atoms with Crippen LogP contribution in [0.3, 0.4) is 0 Å². The average molecular weight is 316 g/mol. The van der Waals surface area contributed by atoms with Gasteiger partial charge in [-0.1, -0.05) is 0 Å². The molecule has 1 aromatic rings. The van der Waals surface area contributed by atoms with E-state index in [0.29, 0.717) is 6.04 Å². The van der Waals surface area contributed by atoms with Gasteiger partial charge in [0.1, 0.15) is 5.82 Å². The summed E-state index contributed by atoms with van der Waals surface area (Å²) < 4.78 is 0. The molecule has 3 rings (SSSR count). The van der Waals surface area contributed by atoms with Gasteiger partial charge in [0.25, 0.3) is 5.91 Å². The molecule has 2 aliphatic heterocycles. The number of anilines is 1. The number of nitrogens with zero attached hydrogens (tertiary/aromatic N) is 4. The Labute approximate surface area is 139 Å². The van der Waals surface area contributed by atoms with Crippen molar-refractivity contribution in [2.75, 3.05) is 38.1 Å². The molecule has 0 aliphatic carbocycles. The number of carbonyl (C=O) groups excluding carboxylic acids is 1. The van der Waals surface area contributed by atoms with Gasteiger partial charge in [-0.05, 0) is 52.3 Å². The number of amides is 1. The molecule has 0 saturated carbocycles. The highest BCUT2D eigenvalue weighted by atomic mass is 16.2. The zero-order valence-corrected chi connectivity index (χ0v) is 14.5. The lowest BCUT2D eigenvalue weighted by atomic mass is 10.0. The zero-order chi connectivity index (χ0) is 16.4.